The van der Waals surface area contributed by atoms with Gasteiger partial charge in [-0.3, -0.25) is 0 Å². The van der Waals surface area contributed by atoms with E-state index in [0.717, 1.165) is 22.3 Å². The highest BCUT2D eigenvalue weighted by molar-refractivity contribution is 7.89. The first kappa shape index (κ1) is 33.1. The Morgan fingerprint density at radius 1 is 0.750 bits per heavy atom. The van der Waals surface area contributed by atoms with E-state index in [2.05, 4.69) is 0 Å². The van der Waals surface area contributed by atoms with E-state index in [1.165, 1.54) is 4.31 Å². The number of hydrogen-bond acceptors (Lipinski definition) is 8. The predicted octanol–water partition coefficient (Wildman–Crippen LogP) is 5.78. The van der Waals surface area contributed by atoms with Gasteiger partial charge in [0.25, 0.3) is 0 Å². The summed E-state index contributed by atoms with van der Waals surface area (Å²) in [5, 5.41) is 0. The lowest BCUT2D eigenvalue weighted by molar-refractivity contribution is -0.373. The summed E-state index contributed by atoms with van der Waals surface area (Å²) >= 11 is 0. The number of aryl methyl sites for hydroxylation is 1. The Bertz CT molecular complexity index is 1740. The Morgan fingerprint density at radius 2 is 1.33 bits per heavy atom. The number of hydrogen-bond donors (Lipinski definition) is 0. The van der Waals surface area contributed by atoms with Gasteiger partial charge < -0.3 is 28.4 Å². The fourth-order valence-corrected chi connectivity index (χ4v) is 8.04. The molecule has 4 aromatic rings. The summed E-state index contributed by atoms with van der Waals surface area (Å²) in [5.74, 6) is 0. The summed E-state index contributed by atoms with van der Waals surface area (Å²) < 4.78 is 67.5. The first-order chi connectivity index (χ1) is 23.3. The van der Waals surface area contributed by atoms with Crippen LogP contribution in [0.1, 0.15) is 35.5 Å². The lowest BCUT2D eigenvalue weighted by atomic mass is 9.97. The topological polar surface area (TPSA) is 92.5 Å². The molecule has 8 atom stereocenters. The quantitative estimate of drug-likeness (QED) is 0.175. The highest BCUT2D eigenvalue weighted by Crippen LogP contribution is 2.41. The van der Waals surface area contributed by atoms with E-state index in [1.807, 2.05) is 105 Å². The molecule has 0 bridgehead atoms. The van der Waals surface area contributed by atoms with Crippen LogP contribution < -0.4 is 0 Å². The number of nitrogens with zero attached hydrogens (tertiary/aromatic N) is 1. The summed E-state index contributed by atoms with van der Waals surface area (Å²) in [6.45, 7) is 5.12. The molecule has 0 saturated carbocycles. The molecular weight excluding hydrogens is 630 g/mol. The molecule has 48 heavy (non-hydrogen) atoms. The molecule has 0 spiro atoms. The number of rotatable bonds is 12. The summed E-state index contributed by atoms with van der Waals surface area (Å²) in [7, 11) is -3.69. The Morgan fingerprint density at radius 3 is 1.96 bits per heavy atom. The third-order valence-corrected chi connectivity index (χ3v) is 11.1. The zero-order chi connectivity index (χ0) is 33.1. The van der Waals surface area contributed by atoms with E-state index in [1.54, 1.807) is 24.3 Å². The molecule has 3 aliphatic heterocycles. The minimum atomic E-state index is -3.69. The van der Waals surface area contributed by atoms with E-state index in [4.69, 9.17) is 28.4 Å². The van der Waals surface area contributed by atoms with E-state index < -0.39 is 52.6 Å². The molecule has 0 aliphatic carbocycles. The van der Waals surface area contributed by atoms with Crippen molar-refractivity contribution in [2.45, 2.75) is 74.5 Å². The maximum absolute atomic E-state index is 13.5. The van der Waals surface area contributed by atoms with Gasteiger partial charge >= 0.3 is 0 Å². The highest BCUT2D eigenvalue weighted by Gasteiger charge is 2.58. The third kappa shape index (κ3) is 7.27. The van der Waals surface area contributed by atoms with Crippen LogP contribution in [-0.4, -0.2) is 68.7 Å². The van der Waals surface area contributed by atoms with Crippen LogP contribution in [0, 0.1) is 6.92 Å². The van der Waals surface area contributed by atoms with Gasteiger partial charge in [0.2, 0.25) is 10.0 Å². The summed E-state index contributed by atoms with van der Waals surface area (Å²) in [6, 6.07) is 36.5. The molecule has 9 nitrogen and oxygen atoms in total. The normalized spacial score (nSPS) is 30.0. The molecule has 0 radical (unpaired) electrons. The van der Waals surface area contributed by atoms with Crippen LogP contribution in [0.3, 0.4) is 0 Å². The lowest BCUT2D eigenvalue weighted by Gasteiger charge is -2.49. The van der Waals surface area contributed by atoms with Gasteiger partial charge in [-0.2, -0.15) is 4.31 Å². The van der Waals surface area contributed by atoms with Crippen molar-refractivity contribution >= 4 is 10.0 Å². The minimum Gasteiger partial charge on any atom is -0.368 e. The number of sulfonamides is 1. The highest BCUT2D eigenvalue weighted by atomic mass is 32.2. The molecular formula is C38H41NO8S. The van der Waals surface area contributed by atoms with Gasteiger partial charge in [0, 0.05) is 12.1 Å². The Labute approximate surface area is 282 Å². The van der Waals surface area contributed by atoms with Crippen molar-refractivity contribution in [1.82, 2.24) is 4.31 Å². The molecule has 3 fully saturated rings. The fraction of sp³-hybridized carbons (Fsp3) is 0.368. The second-order valence-corrected chi connectivity index (χ2v) is 14.7. The first-order valence-electron chi connectivity index (χ1n) is 16.3. The molecule has 252 valence electrons. The molecule has 7 rings (SSSR count). The number of benzene rings is 4. The zero-order valence-corrected chi connectivity index (χ0v) is 27.9. The summed E-state index contributed by atoms with van der Waals surface area (Å²) in [4.78, 5) is 0.261. The van der Waals surface area contributed by atoms with Crippen LogP contribution in [0.25, 0.3) is 0 Å². The van der Waals surface area contributed by atoms with Crippen LogP contribution in [0.2, 0.25) is 0 Å². The fourth-order valence-electron chi connectivity index (χ4n) is 6.23. The SMILES string of the molecule is Cc1ccc(S(=O)(=O)N2CC2(C)CO[C@@H]2O[C@@H]3COC(c4ccccc4)O[C@@H]3[C@H](OCc3ccccc3)[C@H]2OCc2ccccc2)cc1. The number of fused-ring (bicyclic) bond motifs is 1. The van der Waals surface area contributed by atoms with Crippen molar-refractivity contribution in [1.29, 1.82) is 0 Å². The maximum atomic E-state index is 13.5. The van der Waals surface area contributed by atoms with Crippen molar-refractivity contribution in [2.24, 2.45) is 0 Å². The summed E-state index contributed by atoms with van der Waals surface area (Å²) in [5.41, 5.74) is 3.14. The van der Waals surface area contributed by atoms with E-state index in [9.17, 15) is 8.42 Å². The monoisotopic (exact) mass is 671 g/mol. The Kier molecular flexibility index (Phi) is 9.77. The summed E-state index contributed by atoms with van der Waals surface area (Å²) in [6.07, 6.45) is -3.80. The average Bonchev–Trinajstić information content (AvgIpc) is 3.82. The van der Waals surface area contributed by atoms with Gasteiger partial charge in [-0.1, -0.05) is 109 Å². The molecule has 0 N–H and O–H groups in total. The first-order valence-corrected chi connectivity index (χ1v) is 17.7. The smallest absolute Gasteiger partial charge is 0.243 e. The third-order valence-electron chi connectivity index (χ3n) is 9.08. The molecule has 3 unspecified atom stereocenters. The standard InChI is InChI=1S/C38H41NO8S/c1-27-18-20-31(21-19-27)48(40,41)39-25-38(39,2)26-45-37-35(43-23-29-14-8-4-9-15-29)34(42-22-28-12-6-3-7-13-28)33-32(46-37)24-44-36(47-33)30-16-10-5-11-17-30/h3-21,32-37H,22-26H2,1-2H3/t32-,33+,34+,35-,36?,37-,38?,39?/m1/s1. The Balaban J connectivity index is 1.14. The number of ether oxygens (including phenoxy) is 6. The maximum Gasteiger partial charge on any atom is 0.243 e. The average molecular weight is 672 g/mol. The van der Waals surface area contributed by atoms with Gasteiger partial charge in [0.15, 0.2) is 12.6 Å². The molecule has 4 aromatic carbocycles. The molecule has 0 amide bonds. The largest absolute Gasteiger partial charge is 0.368 e. The predicted molar refractivity (Wildman–Crippen MR) is 178 cm³/mol. The van der Waals surface area contributed by atoms with Crippen molar-refractivity contribution in [3.05, 3.63) is 138 Å². The van der Waals surface area contributed by atoms with Crippen LogP contribution in [0.4, 0.5) is 0 Å². The zero-order valence-electron chi connectivity index (χ0n) is 27.1. The minimum absolute atomic E-state index is 0.102. The van der Waals surface area contributed by atoms with E-state index >= 15 is 0 Å². The lowest BCUT2D eigenvalue weighted by Crippen LogP contribution is -2.63. The van der Waals surface area contributed by atoms with Crippen LogP contribution in [-0.2, 0) is 51.7 Å². The molecule has 10 heteroatoms. The second-order valence-electron chi connectivity index (χ2n) is 12.9. The van der Waals surface area contributed by atoms with Gasteiger partial charge in [0.1, 0.15) is 24.4 Å². The van der Waals surface area contributed by atoms with Crippen molar-refractivity contribution in [3.8, 4) is 0 Å². The molecule has 3 heterocycles. The molecule has 3 saturated heterocycles. The molecule has 3 aliphatic rings. The molecule has 0 aromatic heterocycles. The van der Waals surface area contributed by atoms with Gasteiger partial charge in [-0.15, -0.1) is 0 Å². The van der Waals surface area contributed by atoms with Crippen LogP contribution in [0.5, 0.6) is 0 Å². The van der Waals surface area contributed by atoms with E-state index in [-0.39, 0.29) is 18.1 Å². The van der Waals surface area contributed by atoms with Gasteiger partial charge in [-0.05, 0) is 37.1 Å². The van der Waals surface area contributed by atoms with Crippen molar-refractivity contribution in [2.75, 3.05) is 19.8 Å². The van der Waals surface area contributed by atoms with Gasteiger partial charge in [-0.25, -0.2) is 8.42 Å². The van der Waals surface area contributed by atoms with Crippen LogP contribution in [0.15, 0.2) is 120 Å². The second kappa shape index (κ2) is 14.2. The van der Waals surface area contributed by atoms with Crippen LogP contribution >= 0.6 is 0 Å². The van der Waals surface area contributed by atoms with Gasteiger partial charge in [0.05, 0.1) is 36.9 Å². The van der Waals surface area contributed by atoms with Crippen molar-refractivity contribution in [3.63, 3.8) is 0 Å². The Hall–Kier alpha value is -3.45. The van der Waals surface area contributed by atoms with Crippen molar-refractivity contribution < 1.29 is 36.8 Å². The van der Waals surface area contributed by atoms with E-state index in [0.29, 0.717) is 19.8 Å².